The number of hydrogen-bond acceptors (Lipinski definition) is 2. The van der Waals surface area contributed by atoms with Crippen molar-refractivity contribution in [1.82, 2.24) is 10.6 Å². The topological polar surface area (TPSA) is 78.4 Å². The first-order valence-electron chi connectivity index (χ1n) is 6.85. The Kier molecular flexibility index (Phi) is 3.78. The Hall–Kier alpha value is -1.26. The van der Waals surface area contributed by atoms with Gasteiger partial charge in [-0.15, -0.1) is 0 Å². The Morgan fingerprint density at radius 1 is 1.39 bits per heavy atom. The maximum absolute atomic E-state index is 11.9. The van der Waals surface area contributed by atoms with E-state index in [4.69, 9.17) is 5.11 Å². The third-order valence-corrected chi connectivity index (χ3v) is 4.27. The van der Waals surface area contributed by atoms with E-state index in [9.17, 15) is 9.59 Å². The van der Waals surface area contributed by atoms with Gasteiger partial charge in [-0.05, 0) is 44.4 Å². The van der Waals surface area contributed by atoms with Gasteiger partial charge >= 0.3 is 12.0 Å². The van der Waals surface area contributed by atoms with Gasteiger partial charge in [-0.25, -0.2) is 4.79 Å². The number of urea groups is 1. The molecule has 0 radical (unpaired) electrons. The summed E-state index contributed by atoms with van der Waals surface area (Å²) in [6, 6.07) is -0.411. The van der Waals surface area contributed by atoms with Crippen molar-refractivity contribution >= 4 is 12.0 Å². The van der Waals surface area contributed by atoms with E-state index in [2.05, 4.69) is 17.6 Å². The quantitative estimate of drug-likeness (QED) is 0.677. The first-order chi connectivity index (χ1) is 8.54. The molecule has 0 aromatic rings. The van der Waals surface area contributed by atoms with Crippen molar-refractivity contribution in [2.45, 2.75) is 63.5 Å². The van der Waals surface area contributed by atoms with Crippen LogP contribution in [-0.4, -0.2) is 28.7 Å². The molecule has 2 saturated carbocycles. The van der Waals surface area contributed by atoms with Crippen molar-refractivity contribution in [2.75, 3.05) is 0 Å². The van der Waals surface area contributed by atoms with E-state index >= 15 is 0 Å². The SMILES string of the molecule is CCC1(NC(=O)NC(CC(=O)O)C2CC2)CCC1. The zero-order valence-electron chi connectivity index (χ0n) is 10.9. The van der Waals surface area contributed by atoms with Gasteiger partial charge in [-0.2, -0.15) is 0 Å². The van der Waals surface area contributed by atoms with Gasteiger partial charge in [0.15, 0.2) is 0 Å². The van der Waals surface area contributed by atoms with Crippen molar-refractivity contribution in [3.63, 3.8) is 0 Å². The molecule has 2 aliphatic rings. The second-order valence-electron chi connectivity index (χ2n) is 5.63. The average molecular weight is 254 g/mol. The predicted molar refractivity (Wildman–Crippen MR) is 67.3 cm³/mol. The molecule has 1 unspecified atom stereocenters. The third-order valence-electron chi connectivity index (χ3n) is 4.27. The number of hydrogen-bond donors (Lipinski definition) is 3. The number of carbonyl (C=O) groups excluding carboxylic acids is 1. The number of carboxylic acids is 1. The summed E-state index contributed by atoms with van der Waals surface area (Å²) in [6.07, 6.45) is 6.24. The highest BCUT2D eigenvalue weighted by Crippen LogP contribution is 2.35. The van der Waals surface area contributed by atoms with E-state index in [1.165, 1.54) is 0 Å². The largest absolute Gasteiger partial charge is 0.481 e. The fourth-order valence-electron chi connectivity index (χ4n) is 2.64. The van der Waals surface area contributed by atoms with Gasteiger partial charge in [0, 0.05) is 11.6 Å². The van der Waals surface area contributed by atoms with E-state index in [1.807, 2.05) is 0 Å². The van der Waals surface area contributed by atoms with Crippen LogP contribution in [0.1, 0.15) is 51.9 Å². The molecule has 0 heterocycles. The zero-order valence-corrected chi connectivity index (χ0v) is 10.9. The molecular formula is C13H22N2O3. The molecule has 2 aliphatic carbocycles. The van der Waals surface area contributed by atoms with Crippen molar-refractivity contribution in [2.24, 2.45) is 5.92 Å². The van der Waals surface area contributed by atoms with Crippen molar-refractivity contribution in [1.29, 1.82) is 0 Å². The second-order valence-corrected chi connectivity index (χ2v) is 5.63. The molecule has 0 bridgehead atoms. The molecule has 5 heteroatoms. The molecule has 102 valence electrons. The highest BCUT2D eigenvalue weighted by Gasteiger charge is 2.38. The van der Waals surface area contributed by atoms with Crippen LogP contribution in [0.2, 0.25) is 0 Å². The summed E-state index contributed by atoms with van der Waals surface area (Å²) in [5.41, 5.74) is -0.0403. The Bertz CT molecular complexity index is 330. The van der Waals surface area contributed by atoms with Crippen LogP contribution < -0.4 is 10.6 Å². The molecule has 0 saturated heterocycles. The highest BCUT2D eigenvalue weighted by molar-refractivity contribution is 5.76. The number of carbonyl (C=O) groups is 2. The van der Waals surface area contributed by atoms with E-state index < -0.39 is 5.97 Å². The van der Waals surface area contributed by atoms with E-state index in [-0.39, 0.29) is 24.0 Å². The Morgan fingerprint density at radius 3 is 2.44 bits per heavy atom. The second kappa shape index (κ2) is 5.16. The van der Waals surface area contributed by atoms with E-state index in [0.29, 0.717) is 5.92 Å². The van der Waals surface area contributed by atoms with Crippen LogP contribution in [0.3, 0.4) is 0 Å². The minimum absolute atomic E-state index is 0.0250. The predicted octanol–water partition coefficient (Wildman–Crippen LogP) is 1.87. The Labute approximate surface area is 107 Å². The fraction of sp³-hybridized carbons (Fsp3) is 0.846. The lowest BCUT2D eigenvalue weighted by atomic mass is 9.75. The molecule has 18 heavy (non-hydrogen) atoms. The van der Waals surface area contributed by atoms with Crippen LogP contribution in [-0.2, 0) is 4.79 Å². The maximum Gasteiger partial charge on any atom is 0.315 e. The lowest BCUT2D eigenvalue weighted by Crippen LogP contribution is -2.57. The zero-order chi connectivity index (χ0) is 13.2. The number of rotatable bonds is 6. The summed E-state index contributed by atoms with van der Waals surface area (Å²) in [4.78, 5) is 22.7. The molecular weight excluding hydrogens is 232 g/mol. The number of aliphatic carboxylic acids is 1. The van der Waals surface area contributed by atoms with Gasteiger partial charge < -0.3 is 15.7 Å². The Morgan fingerprint density at radius 2 is 2.06 bits per heavy atom. The molecule has 2 fully saturated rings. The van der Waals surface area contributed by atoms with E-state index in [0.717, 1.165) is 38.5 Å². The van der Waals surface area contributed by atoms with Gasteiger partial charge in [0.1, 0.15) is 0 Å². The molecule has 0 aromatic carbocycles. The Balaban J connectivity index is 1.82. The molecule has 2 amide bonds. The standard InChI is InChI=1S/C13H22N2O3/c1-2-13(6-3-7-13)15-12(18)14-10(8-11(16)17)9-4-5-9/h9-10H,2-8H2,1H3,(H,16,17)(H2,14,15,18). The van der Waals surface area contributed by atoms with Gasteiger partial charge in [0.05, 0.1) is 6.42 Å². The molecule has 0 spiro atoms. The van der Waals surface area contributed by atoms with Crippen molar-refractivity contribution in [3.05, 3.63) is 0 Å². The third kappa shape index (κ3) is 3.15. The maximum atomic E-state index is 11.9. The van der Waals surface area contributed by atoms with Crippen LogP contribution >= 0.6 is 0 Å². The summed E-state index contributed by atoms with van der Waals surface area (Å²) in [5.74, 6) is -0.494. The first-order valence-corrected chi connectivity index (χ1v) is 6.85. The van der Waals surface area contributed by atoms with Gasteiger partial charge in [0.2, 0.25) is 0 Å². The minimum Gasteiger partial charge on any atom is -0.481 e. The number of nitrogens with one attached hydrogen (secondary N) is 2. The summed E-state index contributed by atoms with van der Waals surface area (Å²) in [5, 5.41) is 14.7. The van der Waals surface area contributed by atoms with Gasteiger partial charge in [0.25, 0.3) is 0 Å². The number of carboxylic acid groups (broad SMARTS) is 1. The smallest absolute Gasteiger partial charge is 0.315 e. The first kappa shape index (κ1) is 13.2. The molecule has 2 rings (SSSR count). The summed E-state index contributed by atoms with van der Waals surface area (Å²) in [7, 11) is 0. The van der Waals surface area contributed by atoms with Crippen molar-refractivity contribution < 1.29 is 14.7 Å². The number of amides is 2. The average Bonchev–Trinajstić information content (AvgIpc) is 3.05. The lowest BCUT2D eigenvalue weighted by Gasteiger charge is -2.42. The van der Waals surface area contributed by atoms with Crippen LogP contribution in [0.5, 0.6) is 0 Å². The van der Waals surface area contributed by atoms with E-state index in [1.54, 1.807) is 0 Å². The van der Waals surface area contributed by atoms with Crippen LogP contribution in [0.25, 0.3) is 0 Å². The fourth-order valence-corrected chi connectivity index (χ4v) is 2.64. The molecule has 3 N–H and O–H groups in total. The summed E-state index contributed by atoms with van der Waals surface area (Å²) >= 11 is 0. The molecule has 1 atom stereocenters. The van der Waals surface area contributed by atoms with Crippen molar-refractivity contribution in [3.8, 4) is 0 Å². The molecule has 0 aromatic heterocycles. The molecule has 5 nitrogen and oxygen atoms in total. The normalized spacial score (nSPS) is 22.7. The monoisotopic (exact) mass is 254 g/mol. The van der Waals surface area contributed by atoms with Gasteiger partial charge in [-0.3, -0.25) is 4.79 Å². The van der Waals surface area contributed by atoms with Crippen LogP contribution in [0.4, 0.5) is 4.79 Å². The minimum atomic E-state index is -0.846. The summed E-state index contributed by atoms with van der Waals surface area (Å²) in [6.45, 7) is 2.08. The summed E-state index contributed by atoms with van der Waals surface area (Å²) < 4.78 is 0. The van der Waals surface area contributed by atoms with Crippen LogP contribution in [0, 0.1) is 5.92 Å². The lowest BCUT2D eigenvalue weighted by molar-refractivity contribution is -0.137. The van der Waals surface area contributed by atoms with Gasteiger partial charge in [-0.1, -0.05) is 6.92 Å². The highest BCUT2D eigenvalue weighted by atomic mass is 16.4. The molecule has 0 aliphatic heterocycles. The van der Waals surface area contributed by atoms with Crippen LogP contribution in [0.15, 0.2) is 0 Å².